The molecule has 4 heteroatoms. The average molecular weight is 197 g/mol. The molecular formula is C10H6F3N. The molecule has 14 heavy (non-hydrogen) atoms. The molecule has 0 radical (unpaired) electrons. The van der Waals surface area contributed by atoms with Crippen LogP contribution in [0.5, 0.6) is 0 Å². The molecule has 0 aliphatic heterocycles. The van der Waals surface area contributed by atoms with Crippen LogP contribution in [0.2, 0.25) is 0 Å². The summed E-state index contributed by atoms with van der Waals surface area (Å²) in [7, 11) is 0. The SMILES string of the molecule is N#CC=Cc1ccc(C(F)(F)F)cc1. The molecule has 0 spiro atoms. The van der Waals surface area contributed by atoms with Crippen LogP contribution in [0, 0.1) is 11.3 Å². The maximum absolute atomic E-state index is 12.1. The summed E-state index contributed by atoms with van der Waals surface area (Å²) in [5.74, 6) is 0. The Balaban J connectivity index is 2.91. The van der Waals surface area contributed by atoms with Crippen molar-refractivity contribution < 1.29 is 13.2 Å². The predicted octanol–water partition coefficient (Wildman–Crippen LogP) is 3.24. The largest absolute Gasteiger partial charge is 0.416 e. The molecule has 0 aliphatic carbocycles. The minimum atomic E-state index is -4.31. The van der Waals surface area contributed by atoms with E-state index in [4.69, 9.17) is 5.26 Å². The van der Waals surface area contributed by atoms with Gasteiger partial charge in [-0.3, -0.25) is 0 Å². The second-order valence-electron chi connectivity index (χ2n) is 2.58. The standard InChI is InChI=1S/C10H6F3N/c11-10(12,13)9-5-3-8(4-6-9)2-1-7-14/h1-6H. The number of nitriles is 1. The van der Waals surface area contributed by atoms with Crippen molar-refractivity contribution in [2.24, 2.45) is 0 Å². The van der Waals surface area contributed by atoms with Gasteiger partial charge in [-0.25, -0.2) is 0 Å². The lowest BCUT2D eigenvalue weighted by atomic mass is 10.1. The first-order valence-corrected chi connectivity index (χ1v) is 3.77. The first-order chi connectivity index (χ1) is 6.54. The summed E-state index contributed by atoms with van der Waals surface area (Å²) in [5.41, 5.74) is -0.119. The van der Waals surface area contributed by atoms with Crippen molar-refractivity contribution in [3.63, 3.8) is 0 Å². The summed E-state index contributed by atoms with van der Waals surface area (Å²) in [6.07, 6.45) is -1.65. The van der Waals surface area contributed by atoms with Gasteiger partial charge in [0.15, 0.2) is 0 Å². The maximum atomic E-state index is 12.1. The highest BCUT2D eigenvalue weighted by Gasteiger charge is 2.29. The van der Waals surface area contributed by atoms with Crippen molar-refractivity contribution in [3.8, 4) is 6.07 Å². The molecule has 1 rings (SSSR count). The van der Waals surface area contributed by atoms with Crippen molar-refractivity contribution in [2.75, 3.05) is 0 Å². The minimum absolute atomic E-state index is 0.569. The van der Waals surface area contributed by atoms with Gasteiger partial charge in [0.1, 0.15) is 0 Å². The van der Waals surface area contributed by atoms with Crippen molar-refractivity contribution >= 4 is 6.08 Å². The number of hydrogen-bond donors (Lipinski definition) is 0. The zero-order chi connectivity index (χ0) is 10.6. The van der Waals surface area contributed by atoms with Gasteiger partial charge in [0.25, 0.3) is 0 Å². The summed E-state index contributed by atoms with van der Waals surface area (Å²) in [6.45, 7) is 0. The van der Waals surface area contributed by atoms with Crippen LogP contribution in [-0.2, 0) is 6.18 Å². The highest BCUT2D eigenvalue weighted by atomic mass is 19.4. The Morgan fingerprint density at radius 3 is 2.14 bits per heavy atom. The monoisotopic (exact) mass is 197 g/mol. The van der Waals surface area contributed by atoms with Crippen LogP contribution in [0.4, 0.5) is 13.2 Å². The first-order valence-electron chi connectivity index (χ1n) is 3.77. The van der Waals surface area contributed by atoms with Gasteiger partial charge in [0.05, 0.1) is 11.6 Å². The average Bonchev–Trinajstić information content (AvgIpc) is 2.14. The van der Waals surface area contributed by atoms with Crippen molar-refractivity contribution in [3.05, 3.63) is 41.5 Å². The van der Waals surface area contributed by atoms with E-state index in [2.05, 4.69) is 0 Å². The molecule has 0 saturated carbocycles. The van der Waals surface area contributed by atoms with E-state index in [1.807, 2.05) is 0 Å². The molecule has 0 aromatic heterocycles. The number of hydrogen-bond acceptors (Lipinski definition) is 1. The molecule has 0 unspecified atom stereocenters. The number of rotatable bonds is 1. The third kappa shape index (κ3) is 2.63. The Labute approximate surface area is 79.1 Å². The number of benzene rings is 1. The van der Waals surface area contributed by atoms with E-state index < -0.39 is 11.7 Å². The molecule has 1 aromatic rings. The number of halogens is 3. The van der Waals surface area contributed by atoms with Gasteiger partial charge in [-0.05, 0) is 23.8 Å². The Hall–Kier alpha value is -1.76. The van der Waals surface area contributed by atoms with Crippen LogP contribution in [-0.4, -0.2) is 0 Å². The predicted molar refractivity (Wildman–Crippen MR) is 46.1 cm³/mol. The summed E-state index contributed by atoms with van der Waals surface area (Å²) < 4.78 is 36.3. The number of allylic oxidation sites excluding steroid dienone is 1. The Kier molecular flexibility index (Phi) is 2.92. The van der Waals surface area contributed by atoms with Crippen LogP contribution in [0.1, 0.15) is 11.1 Å². The zero-order valence-corrected chi connectivity index (χ0v) is 7.05. The third-order valence-electron chi connectivity index (χ3n) is 1.59. The minimum Gasteiger partial charge on any atom is -0.193 e. The van der Waals surface area contributed by atoms with Crippen molar-refractivity contribution in [2.45, 2.75) is 6.18 Å². The van der Waals surface area contributed by atoms with Gasteiger partial charge in [-0.1, -0.05) is 12.1 Å². The van der Waals surface area contributed by atoms with E-state index in [9.17, 15) is 13.2 Å². The first kappa shape index (κ1) is 10.3. The van der Waals surface area contributed by atoms with E-state index >= 15 is 0 Å². The molecule has 0 fully saturated rings. The summed E-state index contributed by atoms with van der Waals surface area (Å²) >= 11 is 0. The summed E-state index contributed by atoms with van der Waals surface area (Å²) in [4.78, 5) is 0. The molecule has 0 aliphatic rings. The molecule has 0 amide bonds. The maximum Gasteiger partial charge on any atom is 0.416 e. The van der Waals surface area contributed by atoms with E-state index in [1.165, 1.54) is 24.3 Å². The molecule has 1 nitrogen and oxygen atoms in total. The Morgan fingerprint density at radius 2 is 1.71 bits per heavy atom. The highest BCUT2D eigenvalue weighted by molar-refractivity contribution is 5.52. The second kappa shape index (κ2) is 3.97. The van der Waals surface area contributed by atoms with Gasteiger partial charge in [0, 0.05) is 6.08 Å². The van der Waals surface area contributed by atoms with E-state index in [0.29, 0.717) is 5.56 Å². The lowest BCUT2D eigenvalue weighted by molar-refractivity contribution is -0.137. The zero-order valence-electron chi connectivity index (χ0n) is 7.05. The van der Waals surface area contributed by atoms with Crippen molar-refractivity contribution in [1.82, 2.24) is 0 Å². The Morgan fingerprint density at radius 1 is 1.14 bits per heavy atom. The van der Waals surface area contributed by atoms with Crippen LogP contribution in [0.25, 0.3) is 6.08 Å². The lowest BCUT2D eigenvalue weighted by Crippen LogP contribution is -2.03. The smallest absolute Gasteiger partial charge is 0.193 e. The summed E-state index contributed by atoms with van der Waals surface area (Å²) in [6, 6.07) is 6.36. The Bertz CT molecular complexity index is 368. The summed E-state index contributed by atoms with van der Waals surface area (Å²) in [5, 5.41) is 8.19. The van der Waals surface area contributed by atoms with Crippen LogP contribution < -0.4 is 0 Å². The topological polar surface area (TPSA) is 23.8 Å². The van der Waals surface area contributed by atoms with E-state index in [1.54, 1.807) is 6.07 Å². The quantitative estimate of drug-likeness (QED) is 0.634. The highest BCUT2D eigenvalue weighted by Crippen LogP contribution is 2.29. The molecular weight excluding hydrogens is 191 g/mol. The molecule has 0 bridgehead atoms. The molecule has 1 aromatic carbocycles. The van der Waals surface area contributed by atoms with Crippen molar-refractivity contribution in [1.29, 1.82) is 5.26 Å². The second-order valence-corrected chi connectivity index (χ2v) is 2.58. The van der Waals surface area contributed by atoms with E-state index in [-0.39, 0.29) is 0 Å². The number of alkyl halides is 3. The molecule has 0 N–H and O–H groups in total. The fraction of sp³-hybridized carbons (Fsp3) is 0.100. The van der Waals surface area contributed by atoms with Gasteiger partial charge in [0.2, 0.25) is 0 Å². The van der Waals surface area contributed by atoms with Crippen LogP contribution in [0.15, 0.2) is 30.3 Å². The van der Waals surface area contributed by atoms with Gasteiger partial charge < -0.3 is 0 Å². The molecule has 0 atom stereocenters. The van der Waals surface area contributed by atoms with Crippen LogP contribution >= 0.6 is 0 Å². The van der Waals surface area contributed by atoms with Gasteiger partial charge in [-0.15, -0.1) is 0 Å². The third-order valence-corrected chi connectivity index (χ3v) is 1.59. The molecule has 0 saturated heterocycles. The normalized spacial score (nSPS) is 11.6. The van der Waals surface area contributed by atoms with Gasteiger partial charge >= 0.3 is 6.18 Å². The fourth-order valence-corrected chi connectivity index (χ4v) is 0.917. The molecule has 0 heterocycles. The molecule has 72 valence electrons. The van der Waals surface area contributed by atoms with Gasteiger partial charge in [-0.2, -0.15) is 18.4 Å². The fourth-order valence-electron chi connectivity index (χ4n) is 0.917. The van der Waals surface area contributed by atoms with Crippen LogP contribution in [0.3, 0.4) is 0 Å². The van der Waals surface area contributed by atoms with E-state index in [0.717, 1.165) is 12.1 Å². The number of nitrogens with zero attached hydrogens (tertiary/aromatic N) is 1. The lowest BCUT2D eigenvalue weighted by Gasteiger charge is -2.05.